The van der Waals surface area contributed by atoms with E-state index in [1.54, 1.807) is 19.5 Å². The Bertz CT molecular complexity index is 282. The van der Waals surface area contributed by atoms with Crippen LogP contribution >= 0.6 is 0 Å². The maximum Gasteiger partial charge on any atom is 0.222 e. The highest BCUT2D eigenvalue weighted by Gasteiger charge is 2.16. The molecule has 1 aliphatic rings. The SMILES string of the molecule is COc1cnc(NCC2CCC2)nc1. The Kier molecular flexibility index (Phi) is 2.81. The van der Waals surface area contributed by atoms with Crippen molar-refractivity contribution in [2.24, 2.45) is 5.92 Å². The molecule has 1 aliphatic carbocycles. The molecule has 0 radical (unpaired) electrons. The molecule has 0 saturated heterocycles. The molecule has 0 unspecified atom stereocenters. The van der Waals surface area contributed by atoms with Gasteiger partial charge in [-0.3, -0.25) is 0 Å². The van der Waals surface area contributed by atoms with Crippen LogP contribution in [0.5, 0.6) is 5.75 Å². The van der Waals surface area contributed by atoms with E-state index < -0.39 is 0 Å². The van der Waals surface area contributed by atoms with Crippen LogP contribution in [0.3, 0.4) is 0 Å². The van der Waals surface area contributed by atoms with Gasteiger partial charge in [-0.25, -0.2) is 9.97 Å². The van der Waals surface area contributed by atoms with E-state index in [1.165, 1.54) is 19.3 Å². The van der Waals surface area contributed by atoms with Gasteiger partial charge in [0.15, 0.2) is 5.75 Å². The second-order valence-electron chi connectivity index (χ2n) is 3.62. The van der Waals surface area contributed by atoms with Crippen molar-refractivity contribution in [3.8, 4) is 5.75 Å². The molecule has 0 aromatic carbocycles. The Morgan fingerprint density at radius 3 is 2.64 bits per heavy atom. The Hall–Kier alpha value is -1.32. The maximum atomic E-state index is 4.97. The minimum atomic E-state index is 0.692. The van der Waals surface area contributed by atoms with E-state index in [9.17, 15) is 0 Å². The van der Waals surface area contributed by atoms with Gasteiger partial charge in [0.1, 0.15) is 0 Å². The summed E-state index contributed by atoms with van der Waals surface area (Å²) in [6, 6.07) is 0. The van der Waals surface area contributed by atoms with Gasteiger partial charge >= 0.3 is 0 Å². The third-order valence-electron chi connectivity index (χ3n) is 2.64. The smallest absolute Gasteiger partial charge is 0.222 e. The van der Waals surface area contributed by atoms with E-state index in [1.807, 2.05) is 0 Å². The van der Waals surface area contributed by atoms with Crippen LogP contribution in [0.25, 0.3) is 0 Å². The van der Waals surface area contributed by atoms with Crippen LogP contribution in [0, 0.1) is 5.92 Å². The summed E-state index contributed by atoms with van der Waals surface area (Å²) in [6.07, 6.45) is 7.40. The third-order valence-corrected chi connectivity index (χ3v) is 2.64. The van der Waals surface area contributed by atoms with E-state index in [2.05, 4.69) is 15.3 Å². The highest BCUT2D eigenvalue weighted by atomic mass is 16.5. The number of hydrogen-bond acceptors (Lipinski definition) is 4. The standard InChI is InChI=1S/C10H15N3O/c1-14-9-6-12-10(13-7-9)11-5-8-3-2-4-8/h6-8H,2-5H2,1H3,(H,11,12,13). The fraction of sp³-hybridized carbons (Fsp3) is 0.600. The quantitative estimate of drug-likeness (QED) is 0.790. The normalized spacial score (nSPS) is 16.1. The van der Waals surface area contributed by atoms with Crippen LogP contribution < -0.4 is 10.1 Å². The monoisotopic (exact) mass is 193 g/mol. The molecule has 0 aliphatic heterocycles. The first-order chi connectivity index (χ1) is 6.88. The lowest BCUT2D eigenvalue weighted by Crippen LogP contribution is -2.21. The largest absolute Gasteiger partial charge is 0.494 e. The minimum Gasteiger partial charge on any atom is -0.494 e. The van der Waals surface area contributed by atoms with Gasteiger partial charge in [0.2, 0.25) is 5.95 Å². The lowest BCUT2D eigenvalue weighted by molar-refractivity contribution is 0.333. The Labute approximate surface area is 83.7 Å². The van der Waals surface area contributed by atoms with Crippen molar-refractivity contribution in [3.05, 3.63) is 12.4 Å². The third kappa shape index (κ3) is 2.13. The summed E-state index contributed by atoms with van der Waals surface area (Å²) in [5, 5.41) is 3.22. The number of aromatic nitrogens is 2. The van der Waals surface area contributed by atoms with E-state index >= 15 is 0 Å². The first-order valence-corrected chi connectivity index (χ1v) is 4.98. The average molecular weight is 193 g/mol. The molecule has 1 heterocycles. The van der Waals surface area contributed by atoms with Crippen LogP contribution in [0.1, 0.15) is 19.3 Å². The summed E-state index contributed by atoms with van der Waals surface area (Å²) in [5.74, 6) is 2.21. The number of rotatable bonds is 4. The van der Waals surface area contributed by atoms with Crippen molar-refractivity contribution in [1.29, 1.82) is 0 Å². The Morgan fingerprint density at radius 2 is 2.14 bits per heavy atom. The highest BCUT2D eigenvalue weighted by Crippen LogP contribution is 2.25. The molecule has 0 spiro atoms. The van der Waals surface area contributed by atoms with Crippen LogP contribution in [0.15, 0.2) is 12.4 Å². The van der Waals surface area contributed by atoms with E-state index in [0.29, 0.717) is 11.7 Å². The van der Waals surface area contributed by atoms with Gasteiger partial charge in [0.05, 0.1) is 19.5 Å². The first kappa shape index (κ1) is 9.24. The molecule has 1 fully saturated rings. The van der Waals surface area contributed by atoms with Crippen molar-refractivity contribution in [2.45, 2.75) is 19.3 Å². The number of nitrogens with one attached hydrogen (secondary N) is 1. The summed E-state index contributed by atoms with van der Waals surface area (Å²) < 4.78 is 4.97. The van der Waals surface area contributed by atoms with Gasteiger partial charge in [0.25, 0.3) is 0 Å². The topological polar surface area (TPSA) is 47.0 Å². The number of methoxy groups -OCH3 is 1. The molecular formula is C10H15N3O. The van der Waals surface area contributed by atoms with Crippen LogP contribution in [0.2, 0.25) is 0 Å². The summed E-state index contributed by atoms with van der Waals surface area (Å²) in [6.45, 7) is 0.992. The zero-order valence-corrected chi connectivity index (χ0v) is 8.36. The van der Waals surface area contributed by atoms with Crippen LogP contribution in [-0.4, -0.2) is 23.6 Å². The van der Waals surface area contributed by atoms with Gasteiger partial charge in [0, 0.05) is 6.54 Å². The molecule has 1 aromatic heterocycles. The highest BCUT2D eigenvalue weighted by molar-refractivity contribution is 5.26. The van der Waals surface area contributed by atoms with Crippen molar-refractivity contribution < 1.29 is 4.74 Å². The number of hydrogen-bond donors (Lipinski definition) is 1. The molecule has 0 amide bonds. The summed E-state index contributed by atoms with van der Waals surface area (Å²) in [7, 11) is 1.61. The van der Waals surface area contributed by atoms with Gasteiger partial charge in [-0.05, 0) is 18.8 Å². The van der Waals surface area contributed by atoms with Gasteiger partial charge in [-0.15, -0.1) is 0 Å². The van der Waals surface area contributed by atoms with Crippen molar-refractivity contribution >= 4 is 5.95 Å². The van der Waals surface area contributed by atoms with E-state index in [4.69, 9.17) is 4.74 Å². The lowest BCUT2D eigenvalue weighted by Gasteiger charge is -2.25. The molecule has 1 N–H and O–H groups in total. The predicted molar refractivity (Wildman–Crippen MR) is 54.4 cm³/mol. The lowest BCUT2D eigenvalue weighted by atomic mass is 9.85. The molecule has 0 bridgehead atoms. The molecular weight excluding hydrogens is 178 g/mol. The molecule has 14 heavy (non-hydrogen) atoms. The molecule has 1 saturated carbocycles. The van der Waals surface area contributed by atoms with Gasteiger partial charge < -0.3 is 10.1 Å². The van der Waals surface area contributed by atoms with Gasteiger partial charge in [-0.1, -0.05) is 6.42 Å². The predicted octanol–water partition coefficient (Wildman–Crippen LogP) is 1.70. The number of ether oxygens (including phenoxy) is 1. The molecule has 0 atom stereocenters. The molecule has 4 heteroatoms. The zero-order chi connectivity index (χ0) is 9.80. The zero-order valence-electron chi connectivity index (χ0n) is 8.36. The summed E-state index contributed by atoms with van der Waals surface area (Å²) in [4.78, 5) is 8.27. The second-order valence-corrected chi connectivity index (χ2v) is 3.62. The molecule has 2 rings (SSSR count). The molecule has 76 valence electrons. The van der Waals surface area contributed by atoms with Crippen molar-refractivity contribution in [3.63, 3.8) is 0 Å². The summed E-state index contributed by atoms with van der Waals surface area (Å²) >= 11 is 0. The summed E-state index contributed by atoms with van der Waals surface area (Å²) in [5.41, 5.74) is 0. The fourth-order valence-electron chi connectivity index (χ4n) is 1.45. The molecule has 1 aromatic rings. The van der Waals surface area contributed by atoms with Crippen LogP contribution in [0.4, 0.5) is 5.95 Å². The number of anilines is 1. The number of nitrogens with zero attached hydrogens (tertiary/aromatic N) is 2. The Morgan fingerprint density at radius 1 is 1.43 bits per heavy atom. The van der Waals surface area contributed by atoms with E-state index in [0.717, 1.165) is 12.5 Å². The molecule has 4 nitrogen and oxygen atoms in total. The van der Waals surface area contributed by atoms with Crippen molar-refractivity contribution in [1.82, 2.24) is 9.97 Å². The van der Waals surface area contributed by atoms with E-state index in [-0.39, 0.29) is 0 Å². The fourth-order valence-corrected chi connectivity index (χ4v) is 1.45. The first-order valence-electron chi connectivity index (χ1n) is 4.98. The van der Waals surface area contributed by atoms with Gasteiger partial charge in [-0.2, -0.15) is 0 Å². The van der Waals surface area contributed by atoms with Crippen LogP contribution in [-0.2, 0) is 0 Å². The van der Waals surface area contributed by atoms with Crippen molar-refractivity contribution in [2.75, 3.05) is 19.0 Å². The average Bonchev–Trinajstić information content (AvgIpc) is 2.16. The maximum absolute atomic E-state index is 4.97. The Balaban J connectivity index is 1.83. The minimum absolute atomic E-state index is 0.692. The second kappa shape index (κ2) is 4.26.